The van der Waals surface area contributed by atoms with Crippen LogP contribution in [0, 0.1) is 0 Å². The van der Waals surface area contributed by atoms with E-state index < -0.39 is 10.0 Å². The van der Waals surface area contributed by atoms with Gasteiger partial charge < -0.3 is 4.90 Å². The minimum Gasteiger partial charge on any atom is -0.340 e. The lowest BCUT2D eigenvalue weighted by Gasteiger charge is -2.34. The smallest absolute Gasteiger partial charge is 0.243 e. The van der Waals surface area contributed by atoms with E-state index in [9.17, 15) is 13.2 Å². The first kappa shape index (κ1) is 19.2. The number of piperazine rings is 1. The third kappa shape index (κ3) is 4.38. The maximum atomic E-state index is 12.7. The van der Waals surface area contributed by atoms with Gasteiger partial charge in [0.15, 0.2) is 0 Å². The molecule has 0 aliphatic carbocycles. The van der Waals surface area contributed by atoms with Gasteiger partial charge >= 0.3 is 0 Å². The predicted octanol–water partition coefficient (Wildman–Crippen LogP) is 3.07. The monoisotopic (exact) mass is 412 g/mol. The molecule has 2 aromatic rings. The highest BCUT2D eigenvalue weighted by molar-refractivity contribution is 7.89. The second-order valence-corrected chi connectivity index (χ2v) is 8.85. The lowest BCUT2D eigenvalue weighted by atomic mass is 10.1. The molecule has 0 aromatic heterocycles. The zero-order valence-corrected chi connectivity index (χ0v) is 16.3. The molecule has 0 saturated carbocycles. The highest BCUT2D eigenvalue weighted by atomic mass is 35.5. The molecular formula is C18H18Cl2N2O3S. The van der Waals surface area contributed by atoms with Crippen LogP contribution in [0.3, 0.4) is 0 Å². The first-order chi connectivity index (χ1) is 12.4. The Morgan fingerprint density at radius 1 is 0.846 bits per heavy atom. The maximum absolute atomic E-state index is 12.7. The average molecular weight is 413 g/mol. The average Bonchev–Trinajstić information content (AvgIpc) is 2.64. The van der Waals surface area contributed by atoms with Gasteiger partial charge in [-0.25, -0.2) is 8.42 Å². The fourth-order valence-electron chi connectivity index (χ4n) is 2.82. The molecule has 26 heavy (non-hydrogen) atoms. The number of amides is 1. The number of benzene rings is 2. The predicted molar refractivity (Wildman–Crippen MR) is 102 cm³/mol. The van der Waals surface area contributed by atoms with E-state index in [0.29, 0.717) is 23.1 Å². The number of hydrogen-bond donors (Lipinski definition) is 0. The number of hydrogen-bond acceptors (Lipinski definition) is 3. The fraction of sp³-hybridized carbons (Fsp3) is 0.278. The van der Waals surface area contributed by atoms with Gasteiger partial charge in [-0.1, -0.05) is 35.3 Å². The molecule has 0 atom stereocenters. The Morgan fingerprint density at radius 3 is 1.88 bits per heavy atom. The molecule has 3 rings (SSSR count). The van der Waals surface area contributed by atoms with Crippen LogP contribution >= 0.6 is 23.2 Å². The van der Waals surface area contributed by atoms with E-state index in [1.54, 1.807) is 29.2 Å². The van der Waals surface area contributed by atoms with Crippen LogP contribution in [0.2, 0.25) is 10.0 Å². The molecule has 2 aromatic carbocycles. The van der Waals surface area contributed by atoms with Crippen LogP contribution in [0.5, 0.6) is 0 Å². The summed E-state index contributed by atoms with van der Waals surface area (Å²) in [5, 5.41) is 1.11. The minimum absolute atomic E-state index is 0.0177. The Bertz CT molecular complexity index is 876. The molecule has 0 radical (unpaired) electrons. The lowest BCUT2D eigenvalue weighted by Crippen LogP contribution is -2.50. The van der Waals surface area contributed by atoms with E-state index in [4.69, 9.17) is 23.2 Å². The molecule has 1 aliphatic rings. The summed E-state index contributed by atoms with van der Waals surface area (Å²) in [6.45, 7) is 1.30. The Morgan fingerprint density at radius 2 is 1.35 bits per heavy atom. The van der Waals surface area contributed by atoms with Gasteiger partial charge in [0.25, 0.3) is 0 Å². The second-order valence-electron chi connectivity index (χ2n) is 6.04. The van der Waals surface area contributed by atoms with E-state index in [1.807, 2.05) is 12.1 Å². The summed E-state index contributed by atoms with van der Waals surface area (Å²) in [4.78, 5) is 14.3. The molecular weight excluding hydrogens is 395 g/mol. The van der Waals surface area contributed by atoms with Crippen LogP contribution in [0.15, 0.2) is 53.4 Å². The van der Waals surface area contributed by atoms with Crippen molar-refractivity contribution in [2.45, 2.75) is 11.3 Å². The molecule has 138 valence electrons. The van der Waals surface area contributed by atoms with Gasteiger partial charge in [0.05, 0.1) is 11.3 Å². The third-order valence-corrected chi connectivity index (χ3v) is 6.73. The Kier molecular flexibility index (Phi) is 5.87. The van der Waals surface area contributed by atoms with Gasteiger partial charge in [-0.3, -0.25) is 4.79 Å². The van der Waals surface area contributed by atoms with Crippen LogP contribution in [0.1, 0.15) is 5.56 Å². The molecule has 1 fully saturated rings. The third-order valence-electron chi connectivity index (χ3n) is 4.31. The Labute approximate surface area is 163 Å². The molecule has 0 spiro atoms. The second kappa shape index (κ2) is 7.96. The number of nitrogens with zero attached hydrogens (tertiary/aromatic N) is 2. The first-order valence-corrected chi connectivity index (χ1v) is 10.3. The van der Waals surface area contributed by atoms with E-state index in [0.717, 1.165) is 5.56 Å². The normalized spacial score (nSPS) is 15.8. The molecule has 1 saturated heterocycles. The van der Waals surface area contributed by atoms with Crippen molar-refractivity contribution in [1.29, 1.82) is 0 Å². The van der Waals surface area contributed by atoms with Gasteiger partial charge in [0.2, 0.25) is 15.9 Å². The largest absolute Gasteiger partial charge is 0.340 e. The molecule has 1 aliphatic heterocycles. The summed E-state index contributed by atoms with van der Waals surface area (Å²) in [5.74, 6) is -0.0177. The maximum Gasteiger partial charge on any atom is 0.243 e. The van der Waals surface area contributed by atoms with E-state index in [1.165, 1.54) is 16.4 Å². The van der Waals surface area contributed by atoms with Gasteiger partial charge in [-0.15, -0.1) is 0 Å². The van der Waals surface area contributed by atoms with Crippen molar-refractivity contribution in [2.24, 2.45) is 0 Å². The van der Waals surface area contributed by atoms with E-state index >= 15 is 0 Å². The lowest BCUT2D eigenvalue weighted by molar-refractivity contribution is -0.131. The molecule has 0 N–H and O–H groups in total. The van der Waals surface area contributed by atoms with Crippen molar-refractivity contribution >= 4 is 39.1 Å². The summed E-state index contributed by atoms with van der Waals surface area (Å²) < 4.78 is 26.7. The molecule has 0 unspecified atom stereocenters. The highest BCUT2D eigenvalue weighted by Gasteiger charge is 2.30. The highest BCUT2D eigenvalue weighted by Crippen LogP contribution is 2.20. The van der Waals surface area contributed by atoms with Crippen molar-refractivity contribution in [1.82, 2.24) is 9.21 Å². The molecule has 1 heterocycles. The summed E-state index contributed by atoms with van der Waals surface area (Å²) in [5.41, 5.74) is 0.885. The summed E-state index contributed by atoms with van der Waals surface area (Å²) >= 11 is 11.7. The zero-order chi connectivity index (χ0) is 18.7. The van der Waals surface area contributed by atoms with Gasteiger partial charge in [-0.2, -0.15) is 4.31 Å². The fourth-order valence-corrected chi connectivity index (χ4v) is 4.50. The number of halogens is 2. The van der Waals surface area contributed by atoms with Gasteiger partial charge in [-0.05, 0) is 42.0 Å². The molecule has 0 bridgehead atoms. The quantitative estimate of drug-likeness (QED) is 0.774. The summed E-state index contributed by atoms with van der Waals surface area (Å²) in [6, 6.07) is 13.2. The van der Waals surface area contributed by atoms with Crippen molar-refractivity contribution in [3.05, 3.63) is 64.1 Å². The summed E-state index contributed by atoms with van der Waals surface area (Å²) in [7, 11) is -3.57. The molecule has 8 heteroatoms. The number of sulfonamides is 1. The SMILES string of the molecule is O=C(Cc1ccc(Cl)cc1)N1CCN(S(=O)(=O)c2ccc(Cl)cc2)CC1. The summed E-state index contributed by atoms with van der Waals surface area (Å²) in [6.07, 6.45) is 0.279. The van der Waals surface area contributed by atoms with Crippen molar-refractivity contribution in [2.75, 3.05) is 26.2 Å². The van der Waals surface area contributed by atoms with Crippen LogP contribution in [0.25, 0.3) is 0 Å². The van der Waals surface area contributed by atoms with Crippen molar-refractivity contribution in [3.63, 3.8) is 0 Å². The first-order valence-electron chi connectivity index (χ1n) is 8.14. The molecule has 1 amide bonds. The van der Waals surface area contributed by atoms with Gasteiger partial charge in [0, 0.05) is 36.2 Å². The van der Waals surface area contributed by atoms with Crippen molar-refractivity contribution < 1.29 is 13.2 Å². The van der Waals surface area contributed by atoms with Crippen LogP contribution < -0.4 is 0 Å². The minimum atomic E-state index is -3.57. The number of carbonyl (C=O) groups is 1. The zero-order valence-electron chi connectivity index (χ0n) is 13.9. The topological polar surface area (TPSA) is 57.7 Å². The van der Waals surface area contributed by atoms with Crippen LogP contribution in [-0.4, -0.2) is 49.7 Å². The standard InChI is InChI=1S/C18H18Cl2N2O3S/c19-15-3-1-14(2-4-15)13-18(23)21-9-11-22(12-10-21)26(24,25)17-7-5-16(20)6-8-17/h1-8H,9-13H2. The molecule has 5 nitrogen and oxygen atoms in total. The van der Waals surface area contributed by atoms with Crippen LogP contribution in [-0.2, 0) is 21.2 Å². The van der Waals surface area contributed by atoms with Crippen molar-refractivity contribution in [3.8, 4) is 0 Å². The van der Waals surface area contributed by atoms with E-state index in [-0.39, 0.29) is 30.3 Å². The Balaban J connectivity index is 1.60. The Hall–Kier alpha value is -1.60. The van der Waals surface area contributed by atoms with Gasteiger partial charge in [0.1, 0.15) is 0 Å². The van der Waals surface area contributed by atoms with E-state index in [2.05, 4.69) is 0 Å². The van der Waals surface area contributed by atoms with Crippen LogP contribution in [0.4, 0.5) is 0 Å². The number of carbonyl (C=O) groups excluding carboxylic acids is 1. The number of rotatable bonds is 4.